The van der Waals surface area contributed by atoms with Crippen molar-refractivity contribution in [1.82, 2.24) is 4.90 Å². The quantitative estimate of drug-likeness (QED) is 0.125. The molecular weight excluding hydrogens is 642 g/mol. The van der Waals surface area contributed by atoms with Gasteiger partial charge in [0.1, 0.15) is 11.3 Å². The zero-order valence-electron chi connectivity index (χ0n) is 30.7. The Balaban J connectivity index is 1.21. The van der Waals surface area contributed by atoms with Crippen molar-refractivity contribution in [2.45, 2.75) is 115 Å². The fourth-order valence-corrected chi connectivity index (χ4v) is 10.6. The summed E-state index contributed by atoms with van der Waals surface area (Å²) >= 11 is 0. The van der Waals surface area contributed by atoms with Gasteiger partial charge in [-0.1, -0.05) is 81.9 Å². The van der Waals surface area contributed by atoms with Crippen LogP contribution in [0.15, 0.2) is 71.1 Å². The van der Waals surface area contributed by atoms with Crippen molar-refractivity contribution < 1.29 is 34.3 Å². The summed E-state index contributed by atoms with van der Waals surface area (Å²) in [6, 6.07) is 9.11. The van der Waals surface area contributed by atoms with Gasteiger partial charge in [-0.3, -0.25) is 4.90 Å². The van der Waals surface area contributed by atoms with E-state index in [1.54, 1.807) is 0 Å². The molecule has 0 spiro atoms. The average molecular weight is 702 g/mol. The van der Waals surface area contributed by atoms with Crippen LogP contribution in [-0.4, -0.2) is 71.2 Å². The summed E-state index contributed by atoms with van der Waals surface area (Å²) in [5, 5.41) is 33.4. The molecule has 0 radical (unpaired) electrons. The van der Waals surface area contributed by atoms with Crippen LogP contribution in [0.5, 0.6) is 0 Å². The predicted molar refractivity (Wildman–Crippen MR) is 196 cm³/mol. The minimum absolute atomic E-state index is 0.0164. The molecule has 0 amide bonds. The molecule has 1 aromatic carbocycles. The third-order valence-corrected chi connectivity index (χ3v) is 13.1. The molecule has 8 nitrogen and oxygen atoms in total. The number of aryl methyl sites for hydroxylation is 1. The first-order valence-electron chi connectivity index (χ1n) is 20.0. The summed E-state index contributed by atoms with van der Waals surface area (Å²) in [4.78, 5) is 15.2. The van der Waals surface area contributed by atoms with Crippen LogP contribution in [0.4, 0.5) is 0 Å². The predicted octanol–water partition coefficient (Wildman–Crippen LogP) is 6.75. The van der Waals surface area contributed by atoms with Gasteiger partial charge in [-0.2, -0.15) is 0 Å². The van der Waals surface area contributed by atoms with Crippen LogP contribution >= 0.6 is 0 Å². The molecule has 0 unspecified atom stereocenters. The summed E-state index contributed by atoms with van der Waals surface area (Å²) < 4.78 is 17.8. The van der Waals surface area contributed by atoms with Crippen LogP contribution in [-0.2, 0) is 31.8 Å². The van der Waals surface area contributed by atoms with Crippen LogP contribution in [0.25, 0.3) is 0 Å². The van der Waals surface area contributed by atoms with Gasteiger partial charge in [-0.25, -0.2) is 4.79 Å². The van der Waals surface area contributed by atoms with Gasteiger partial charge in [0.2, 0.25) is 5.76 Å². The molecule has 3 fully saturated rings. The molecule has 4 heterocycles. The van der Waals surface area contributed by atoms with Gasteiger partial charge < -0.3 is 29.5 Å². The number of piperidine rings is 1. The Hall–Kier alpha value is -2.91. The number of nitrogens with zero attached hydrogens (tertiary/aromatic N) is 1. The van der Waals surface area contributed by atoms with E-state index in [-0.39, 0.29) is 47.6 Å². The fourth-order valence-electron chi connectivity index (χ4n) is 10.6. The molecule has 1 aromatic rings. The minimum atomic E-state index is -0.658. The Morgan fingerprint density at radius 2 is 1.86 bits per heavy atom. The molecule has 7 rings (SSSR count). The van der Waals surface area contributed by atoms with E-state index in [1.807, 2.05) is 0 Å². The van der Waals surface area contributed by atoms with Crippen LogP contribution in [0, 0.1) is 35.5 Å². The summed E-state index contributed by atoms with van der Waals surface area (Å²) in [5.74, 6) is 2.09. The van der Waals surface area contributed by atoms with Gasteiger partial charge in [0.05, 0.1) is 32.3 Å². The third kappa shape index (κ3) is 7.49. The fraction of sp³-hybridized carbons (Fsp3) is 0.651. The topological polar surface area (TPSA) is 109 Å². The van der Waals surface area contributed by atoms with Crippen molar-refractivity contribution >= 4 is 5.97 Å². The highest BCUT2D eigenvalue weighted by Crippen LogP contribution is 2.51. The first-order chi connectivity index (χ1) is 24.9. The Morgan fingerprint density at radius 1 is 1.04 bits per heavy atom. The zero-order chi connectivity index (χ0) is 35.5. The molecule has 0 bridgehead atoms. The molecule has 51 heavy (non-hydrogen) atoms. The lowest BCUT2D eigenvalue weighted by Gasteiger charge is -2.50. The lowest BCUT2D eigenvalue weighted by Crippen LogP contribution is -2.58. The average Bonchev–Trinajstić information content (AvgIpc) is 3.86. The second-order valence-corrected chi connectivity index (χ2v) is 16.1. The lowest BCUT2D eigenvalue weighted by molar-refractivity contribution is -0.134. The Kier molecular flexibility index (Phi) is 11.7. The number of unbranched alkanes of at least 4 members (excludes halogenated alkanes) is 2. The molecule has 2 saturated heterocycles. The van der Waals surface area contributed by atoms with Crippen molar-refractivity contribution in [2.75, 3.05) is 26.9 Å². The number of carbonyl (C=O) groups is 1. The molecule has 2 aliphatic carbocycles. The number of hydrogen-bond acceptors (Lipinski definition) is 8. The highest BCUT2D eigenvalue weighted by molar-refractivity contribution is 5.94. The number of rotatable bonds is 12. The molecule has 1 saturated carbocycles. The maximum Gasteiger partial charge on any atom is 0.345 e. The van der Waals surface area contributed by atoms with Crippen molar-refractivity contribution in [3.05, 3.63) is 82.2 Å². The zero-order valence-corrected chi connectivity index (χ0v) is 30.7. The van der Waals surface area contributed by atoms with Gasteiger partial charge in [-0.15, -0.1) is 0 Å². The van der Waals surface area contributed by atoms with Gasteiger partial charge >= 0.3 is 5.97 Å². The molecule has 3 N–H and O–H groups in total. The highest BCUT2D eigenvalue weighted by atomic mass is 16.6. The van der Waals surface area contributed by atoms with Gasteiger partial charge in [0.15, 0.2) is 11.5 Å². The minimum Gasteiger partial charge on any atom is -0.492 e. The molecule has 278 valence electrons. The Labute approximate surface area is 304 Å². The van der Waals surface area contributed by atoms with E-state index in [0.717, 1.165) is 63.2 Å². The van der Waals surface area contributed by atoms with E-state index in [4.69, 9.17) is 14.2 Å². The SMILES string of the molecule is CCCCCc1cccc(C[C@H]2C[C@@H]3[C@H]4C(=CCCN3[C@H]([C@@H](O)[C@H]3C=CC[C@@H](C5CCCC5)C3)C2)OC(=C2OC(=O)C(CO)=C2OC)[C@H]4CO)c1. The molecule has 0 aromatic heterocycles. The molecule has 8 atom stereocenters. The number of carbonyl (C=O) groups excluding carboxylic acids is 1. The number of hydrogen-bond donors (Lipinski definition) is 3. The number of fused-ring (bicyclic) bond motifs is 3. The van der Waals surface area contributed by atoms with Crippen molar-refractivity contribution in [1.29, 1.82) is 0 Å². The maximum atomic E-state index is 12.7. The first-order valence-corrected chi connectivity index (χ1v) is 20.0. The maximum absolute atomic E-state index is 12.7. The molecule has 6 aliphatic rings. The van der Waals surface area contributed by atoms with Gasteiger partial charge in [0.25, 0.3) is 0 Å². The molecule has 8 heteroatoms. The number of aliphatic hydroxyl groups excluding tert-OH is 3. The van der Waals surface area contributed by atoms with Crippen LogP contribution in [0.1, 0.15) is 95.1 Å². The number of methoxy groups -OCH3 is 1. The normalized spacial score (nSPS) is 33.4. The summed E-state index contributed by atoms with van der Waals surface area (Å²) in [6.45, 7) is 2.36. The first kappa shape index (κ1) is 36.4. The highest BCUT2D eigenvalue weighted by Gasteiger charge is 2.53. The summed E-state index contributed by atoms with van der Waals surface area (Å²) in [6.07, 6.45) is 22.1. The van der Waals surface area contributed by atoms with Crippen molar-refractivity contribution in [3.63, 3.8) is 0 Å². The Bertz CT molecular complexity index is 1520. The van der Waals surface area contributed by atoms with E-state index in [1.165, 1.54) is 63.2 Å². The number of benzene rings is 1. The summed E-state index contributed by atoms with van der Waals surface area (Å²) in [5.41, 5.74) is 2.81. The van der Waals surface area contributed by atoms with E-state index in [0.29, 0.717) is 17.6 Å². The second kappa shape index (κ2) is 16.4. The monoisotopic (exact) mass is 701 g/mol. The second-order valence-electron chi connectivity index (χ2n) is 16.1. The number of allylic oxidation sites excluding steroid dienone is 1. The third-order valence-electron chi connectivity index (χ3n) is 13.1. The molecule has 4 aliphatic heterocycles. The van der Waals surface area contributed by atoms with Gasteiger partial charge in [-0.05, 0) is 86.3 Å². The number of esters is 1. The lowest BCUT2D eigenvalue weighted by atomic mass is 9.70. The van der Waals surface area contributed by atoms with Gasteiger partial charge in [0, 0.05) is 30.5 Å². The summed E-state index contributed by atoms with van der Waals surface area (Å²) in [7, 11) is 1.45. The smallest absolute Gasteiger partial charge is 0.345 e. The number of aliphatic hydroxyl groups is 3. The van der Waals surface area contributed by atoms with E-state index >= 15 is 0 Å². The standard InChI is InChI=1S/C43H59NO7/c1-3-4-5-11-27-12-8-13-28(20-27)21-29-22-35-38-33(25-45)41(42-40(49-2)34(26-46)43(48)51-42)50-37(38)18-10-19-44(35)36(23-29)39(47)32-17-9-16-31(24-32)30-14-6-7-15-30/h8-9,12-13,17-18,20,29-33,35-36,38-39,45-47H,3-7,10-11,14-16,19,21-26H2,1-2H3/t29-,31+,32-,33-,35+,36-,38-,39-/m0/s1. The molecular formula is C43H59NO7. The number of ether oxygens (including phenoxy) is 3. The van der Waals surface area contributed by atoms with E-state index in [9.17, 15) is 20.1 Å². The number of cyclic esters (lactones) is 1. The Morgan fingerprint density at radius 3 is 2.63 bits per heavy atom. The van der Waals surface area contributed by atoms with Crippen molar-refractivity contribution in [3.8, 4) is 0 Å². The largest absolute Gasteiger partial charge is 0.492 e. The van der Waals surface area contributed by atoms with Crippen LogP contribution in [0.2, 0.25) is 0 Å². The van der Waals surface area contributed by atoms with Crippen LogP contribution in [0.3, 0.4) is 0 Å². The van der Waals surface area contributed by atoms with Crippen molar-refractivity contribution in [2.24, 2.45) is 35.5 Å². The van der Waals surface area contributed by atoms with Crippen LogP contribution < -0.4 is 0 Å². The van der Waals surface area contributed by atoms with E-state index in [2.05, 4.69) is 54.3 Å². The van der Waals surface area contributed by atoms with E-state index < -0.39 is 24.6 Å².